The number of fused-ring (bicyclic) bond motifs is 1. The van der Waals surface area contributed by atoms with Crippen LogP contribution in [0, 0.1) is 0 Å². The molecule has 0 spiro atoms. The lowest BCUT2D eigenvalue weighted by atomic mass is 10.0. The highest BCUT2D eigenvalue weighted by atomic mass is 16.5. The summed E-state index contributed by atoms with van der Waals surface area (Å²) in [5.41, 5.74) is 1.87. The van der Waals surface area contributed by atoms with Gasteiger partial charge in [-0.2, -0.15) is 0 Å². The summed E-state index contributed by atoms with van der Waals surface area (Å²) in [6.45, 7) is 0.823. The van der Waals surface area contributed by atoms with Gasteiger partial charge in [-0.15, -0.1) is 0 Å². The summed E-state index contributed by atoms with van der Waals surface area (Å²) in [5, 5.41) is 12.7. The van der Waals surface area contributed by atoms with Crippen molar-refractivity contribution in [3.63, 3.8) is 0 Å². The van der Waals surface area contributed by atoms with Gasteiger partial charge in [0, 0.05) is 13.0 Å². The largest absolute Gasteiger partial charge is 0.493 e. The minimum atomic E-state index is -0.750. The number of hydrogen-bond acceptors (Lipinski definition) is 4. The molecule has 104 valence electrons. The van der Waals surface area contributed by atoms with Crippen LogP contribution < -0.4 is 10.1 Å². The van der Waals surface area contributed by atoms with E-state index in [4.69, 9.17) is 9.15 Å². The Bertz CT molecular complexity index is 606. The monoisotopic (exact) mass is 273 g/mol. The third kappa shape index (κ3) is 2.53. The minimum Gasteiger partial charge on any atom is -0.493 e. The molecule has 0 bridgehead atoms. The van der Waals surface area contributed by atoms with Crippen LogP contribution in [0.3, 0.4) is 0 Å². The molecule has 1 aliphatic heterocycles. The quantitative estimate of drug-likeness (QED) is 0.889. The van der Waals surface area contributed by atoms with Crippen molar-refractivity contribution in [3.05, 3.63) is 53.5 Å². The Kier molecular flexibility index (Phi) is 3.43. The molecule has 2 aromatic rings. The molecular formula is C15H15NO4. The van der Waals surface area contributed by atoms with Gasteiger partial charge in [-0.3, -0.25) is 4.79 Å². The third-order valence-corrected chi connectivity index (χ3v) is 3.30. The van der Waals surface area contributed by atoms with E-state index in [1.165, 1.54) is 6.26 Å². The van der Waals surface area contributed by atoms with E-state index in [-0.39, 0.29) is 18.2 Å². The highest BCUT2D eigenvalue weighted by Gasteiger charge is 2.16. The summed E-state index contributed by atoms with van der Waals surface area (Å²) in [4.78, 5) is 11.7. The van der Waals surface area contributed by atoms with Crippen LogP contribution in [-0.4, -0.2) is 24.2 Å². The Balaban J connectivity index is 1.62. The molecule has 0 saturated carbocycles. The van der Waals surface area contributed by atoms with E-state index in [1.54, 1.807) is 12.1 Å². The predicted octanol–water partition coefficient (Wildman–Crippen LogP) is 1.68. The number of hydrogen-bond donors (Lipinski definition) is 2. The van der Waals surface area contributed by atoms with Gasteiger partial charge in [-0.25, -0.2) is 0 Å². The fraction of sp³-hybridized carbons (Fsp3) is 0.267. The van der Waals surface area contributed by atoms with E-state index < -0.39 is 6.10 Å². The van der Waals surface area contributed by atoms with Gasteiger partial charge in [0.15, 0.2) is 5.76 Å². The Labute approximate surface area is 116 Å². The van der Waals surface area contributed by atoms with Crippen molar-refractivity contribution in [3.8, 4) is 5.75 Å². The van der Waals surface area contributed by atoms with Crippen LogP contribution in [0.15, 0.2) is 41.0 Å². The topological polar surface area (TPSA) is 71.7 Å². The van der Waals surface area contributed by atoms with Crippen LogP contribution in [0.25, 0.3) is 0 Å². The van der Waals surface area contributed by atoms with Crippen molar-refractivity contribution in [2.45, 2.75) is 12.5 Å². The van der Waals surface area contributed by atoms with E-state index in [1.807, 2.05) is 18.2 Å². The number of ether oxygens (including phenoxy) is 1. The van der Waals surface area contributed by atoms with Crippen LogP contribution in [0.4, 0.5) is 0 Å². The molecule has 5 nitrogen and oxygen atoms in total. The molecule has 0 radical (unpaired) electrons. The maximum Gasteiger partial charge on any atom is 0.287 e. The zero-order chi connectivity index (χ0) is 13.9. The molecular weight excluding hydrogens is 258 g/mol. The van der Waals surface area contributed by atoms with Crippen LogP contribution in [0.1, 0.15) is 27.8 Å². The maximum atomic E-state index is 11.7. The van der Waals surface area contributed by atoms with E-state index >= 15 is 0 Å². The number of aliphatic hydroxyl groups is 1. The fourth-order valence-electron chi connectivity index (χ4n) is 2.22. The standard InChI is InChI=1S/C15H15NO4/c17-12(9-16-15(18)14-2-1-6-19-14)10-3-4-13-11(8-10)5-7-20-13/h1-4,6,8,12,17H,5,7,9H2,(H,16,18)/t12-/m0/s1. The molecule has 5 heteroatoms. The van der Waals surface area contributed by atoms with Crippen molar-refractivity contribution in [1.82, 2.24) is 5.32 Å². The predicted molar refractivity (Wildman–Crippen MR) is 71.6 cm³/mol. The SMILES string of the molecule is O=C(NC[C@H](O)c1ccc2c(c1)CCO2)c1ccco1. The molecule has 2 heterocycles. The van der Waals surface area contributed by atoms with E-state index in [0.29, 0.717) is 6.61 Å². The Morgan fingerprint density at radius 1 is 1.40 bits per heavy atom. The lowest BCUT2D eigenvalue weighted by molar-refractivity contribution is 0.0889. The average Bonchev–Trinajstić information content (AvgIpc) is 3.13. The van der Waals surface area contributed by atoms with Gasteiger partial charge in [0.05, 0.1) is 19.0 Å². The number of aliphatic hydroxyl groups excluding tert-OH is 1. The molecule has 1 amide bonds. The molecule has 1 atom stereocenters. The van der Waals surface area contributed by atoms with Crippen molar-refractivity contribution < 1.29 is 19.1 Å². The zero-order valence-electron chi connectivity index (χ0n) is 10.8. The summed E-state index contributed by atoms with van der Waals surface area (Å²) >= 11 is 0. The third-order valence-electron chi connectivity index (χ3n) is 3.30. The summed E-state index contributed by atoms with van der Waals surface area (Å²) in [7, 11) is 0. The minimum absolute atomic E-state index is 0.138. The second kappa shape index (κ2) is 5.38. The summed E-state index contributed by atoms with van der Waals surface area (Å²) in [6.07, 6.45) is 1.54. The fourth-order valence-corrected chi connectivity index (χ4v) is 2.22. The summed E-state index contributed by atoms with van der Waals surface area (Å²) < 4.78 is 10.4. The smallest absolute Gasteiger partial charge is 0.287 e. The number of carbonyl (C=O) groups excluding carboxylic acids is 1. The van der Waals surface area contributed by atoms with Gasteiger partial charge in [0.2, 0.25) is 0 Å². The van der Waals surface area contributed by atoms with Crippen LogP contribution >= 0.6 is 0 Å². The molecule has 0 unspecified atom stereocenters. The van der Waals surface area contributed by atoms with Crippen LogP contribution in [-0.2, 0) is 6.42 Å². The van der Waals surface area contributed by atoms with Gasteiger partial charge in [-0.1, -0.05) is 6.07 Å². The number of benzene rings is 1. The number of nitrogens with one attached hydrogen (secondary N) is 1. The average molecular weight is 273 g/mol. The van der Waals surface area contributed by atoms with Crippen molar-refractivity contribution in [1.29, 1.82) is 0 Å². The van der Waals surface area contributed by atoms with Gasteiger partial charge in [-0.05, 0) is 35.4 Å². The molecule has 0 aliphatic carbocycles. The molecule has 1 aromatic carbocycles. The van der Waals surface area contributed by atoms with Crippen molar-refractivity contribution >= 4 is 5.91 Å². The van der Waals surface area contributed by atoms with Crippen LogP contribution in [0.2, 0.25) is 0 Å². The number of furan rings is 1. The second-order valence-electron chi connectivity index (χ2n) is 4.67. The summed E-state index contributed by atoms with van der Waals surface area (Å²) in [5.74, 6) is 0.777. The highest BCUT2D eigenvalue weighted by molar-refractivity contribution is 5.91. The second-order valence-corrected chi connectivity index (χ2v) is 4.67. The first-order valence-corrected chi connectivity index (χ1v) is 6.49. The lowest BCUT2D eigenvalue weighted by Gasteiger charge is -2.12. The Morgan fingerprint density at radius 3 is 3.10 bits per heavy atom. The van der Waals surface area contributed by atoms with Gasteiger partial charge in [0.1, 0.15) is 5.75 Å². The first-order valence-electron chi connectivity index (χ1n) is 6.49. The normalized spacial score (nSPS) is 14.4. The van der Waals surface area contributed by atoms with E-state index in [0.717, 1.165) is 23.3 Å². The van der Waals surface area contributed by atoms with Gasteiger partial charge >= 0.3 is 0 Å². The first-order chi connectivity index (χ1) is 9.74. The summed E-state index contributed by atoms with van der Waals surface area (Å²) in [6, 6.07) is 8.81. The molecule has 0 fully saturated rings. The number of rotatable bonds is 4. The number of carbonyl (C=O) groups is 1. The van der Waals surface area contributed by atoms with Crippen molar-refractivity contribution in [2.24, 2.45) is 0 Å². The molecule has 2 N–H and O–H groups in total. The maximum absolute atomic E-state index is 11.7. The molecule has 1 aliphatic rings. The molecule has 0 saturated heterocycles. The molecule has 1 aromatic heterocycles. The highest BCUT2D eigenvalue weighted by Crippen LogP contribution is 2.27. The van der Waals surface area contributed by atoms with Gasteiger partial charge in [0.25, 0.3) is 5.91 Å². The Morgan fingerprint density at radius 2 is 2.30 bits per heavy atom. The first kappa shape index (κ1) is 12.7. The van der Waals surface area contributed by atoms with E-state index in [2.05, 4.69) is 5.32 Å². The molecule has 20 heavy (non-hydrogen) atoms. The Hall–Kier alpha value is -2.27. The lowest BCUT2D eigenvalue weighted by Crippen LogP contribution is -2.28. The van der Waals surface area contributed by atoms with Gasteiger partial charge < -0.3 is 19.6 Å². The molecule has 3 rings (SSSR count). The van der Waals surface area contributed by atoms with Crippen LogP contribution in [0.5, 0.6) is 5.75 Å². The van der Waals surface area contributed by atoms with Crippen molar-refractivity contribution in [2.75, 3.05) is 13.2 Å². The zero-order valence-corrected chi connectivity index (χ0v) is 10.8. The van der Waals surface area contributed by atoms with E-state index in [9.17, 15) is 9.90 Å². The number of amides is 1.